The van der Waals surface area contributed by atoms with Gasteiger partial charge in [-0.25, -0.2) is 0 Å². The van der Waals surface area contributed by atoms with Crippen molar-refractivity contribution >= 4 is 145 Å². The van der Waals surface area contributed by atoms with Gasteiger partial charge in [0.1, 0.15) is 0 Å². The molecule has 2 aliphatic rings. The molecule has 0 atom stereocenters. The molecule has 24 rings (SSSR count). The molecule has 0 fully saturated rings. The smallest absolute Gasteiger partial charge is 0.0721 e. The second kappa shape index (κ2) is 39.0. The molecule has 2 aliphatic carbocycles. The van der Waals surface area contributed by atoms with Crippen LogP contribution in [-0.4, -0.2) is 4.57 Å². The van der Waals surface area contributed by atoms with E-state index in [2.05, 4.69) is 532 Å². The van der Waals surface area contributed by atoms with Crippen LogP contribution in [0.25, 0.3) is 105 Å². The number of hydrogen-bond acceptors (Lipinski definition) is 6. The average Bonchev–Trinajstić information content (AvgIpc) is 1.57. The van der Waals surface area contributed by atoms with Crippen LogP contribution >= 0.6 is 0 Å². The minimum atomic E-state index is 0.151. The molecule has 22 aromatic rings. The maximum absolute atomic E-state index is 6.28. The first-order valence-electron chi connectivity index (χ1n) is 48.5. The second-order valence-electron chi connectivity index (χ2n) is 37.2. The Kier molecular flexibility index (Phi) is 24.6. The lowest BCUT2D eigenvalue weighted by Crippen LogP contribution is -2.14. The van der Waals surface area contributed by atoms with Gasteiger partial charge in [-0.05, 0) is 272 Å². The van der Waals surface area contributed by atoms with Crippen LogP contribution in [0.1, 0.15) is 80.6 Å². The summed E-state index contributed by atoms with van der Waals surface area (Å²) in [6, 6.07) is 170. The summed E-state index contributed by atoms with van der Waals surface area (Å²) in [7, 11) is 0. The molecule has 0 saturated heterocycles. The lowest BCUT2D eigenvalue weighted by Gasteiger charge is -2.30. The molecule has 7 heteroatoms. The zero-order valence-corrected chi connectivity index (χ0v) is 79.3. The highest BCUT2D eigenvalue weighted by Gasteiger charge is 2.35. The van der Waals surface area contributed by atoms with Crippen molar-refractivity contribution in [2.45, 2.75) is 72.4 Å². The number of fused-ring (bicyclic) bond motifs is 11. The first-order valence-corrected chi connectivity index (χ1v) is 48.5. The zero-order valence-electron chi connectivity index (χ0n) is 79.3. The van der Waals surface area contributed by atoms with E-state index in [9.17, 15) is 0 Å². The molecule has 1 aromatic heterocycles. The molecule has 0 spiro atoms. The highest BCUT2D eigenvalue weighted by atomic mass is 16.5. The number of anilines is 12. The molecule has 21 aromatic carbocycles. The summed E-state index contributed by atoms with van der Waals surface area (Å²) in [6.07, 6.45) is 6.25. The van der Waals surface area contributed by atoms with Crippen molar-refractivity contribution in [2.24, 2.45) is 0 Å². The number of para-hydroxylation sites is 1. The van der Waals surface area contributed by atoms with Crippen LogP contribution in [0, 0.1) is 13.8 Å². The first kappa shape index (κ1) is 88.3. The molecule has 140 heavy (non-hydrogen) atoms. The maximum Gasteiger partial charge on any atom is 0.0721 e. The van der Waals surface area contributed by atoms with Crippen LogP contribution in [0.2, 0.25) is 0 Å². The van der Waals surface area contributed by atoms with Gasteiger partial charge in [0.15, 0.2) is 0 Å². The van der Waals surface area contributed by atoms with E-state index in [1.165, 1.54) is 79.2 Å². The van der Waals surface area contributed by atoms with E-state index in [-0.39, 0.29) is 5.41 Å². The predicted octanol–water partition coefficient (Wildman–Crippen LogP) is 36.1. The zero-order chi connectivity index (χ0) is 94.6. The first-order chi connectivity index (χ1) is 68.9. The number of aryl methyl sites for hydroxylation is 4. The fourth-order valence-corrected chi connectivity index (χ4v) is 20.5. The van der Waals surface area contributed by atoms with Crippen molar-refractivity contribution in [2.75, 3.05) is 19.6 Å². The third-order valence-electron chi connectivity index (χ3n) is 27.9. The van der Waals surface area contributed by atoms with Crippen LogP contribution < -0.4 is 19.6 Å². The number of benzene rings is 21. The van der Waals surface area contributed by atoms with Gasteiger partial charge in [0.2, 0.25) is 0 Å². The van der Waals surface area contributed by atoms with Gasteiger partial charge in [-0.1, -0.05) is 372 Å². The maximum atomic E-state index is 6.28. The van der Waals surface area contributed by atoms with E-state index in [1.807, 2.05) is 12.2 Å². The molecule has 0 N–H and O–H groups in total. The molecule has 0 aliphatic heterocycles. The summed E-state index contributed by atoms with van der Waals surface area (Å²) in [6.45, 7) is 18.8. The van der Waals surface area contributed by atoms with Gasteiger partial charge in [0.05, 0.1) is 60.2 Å². The van der Waals surface area contributed by atoms with Crippen LogP contribution in [0.15, 0.2) is 480 Å². The largest absolute Gasteiger partial charge is 0.372 e. The Morgan fingerprint density at radius 2 is 0.600 bits per heavy atom. The van der Waals surface area contributed by atoms with Crippen molar-refractivity contribution in [3.05, 3.63) is 547 Å². The van der Waals surface area contributed by atoms with E-state index in [1.54, 1.807) is 0 Å². The van der Waals surface area contributed by atoms with Crippen LogP contribution in [0.5, 0.6) is 0 Å². The fourth-order valence-electron chi connectivity index (χ4n) is 20.5. The van der Waals surface area contributed by atoms with Gasteiger partial charge in [-0.15, -0.1) is 0 Å². The van der Waals surface area contributed by atoms with Crippen LogP contribution in [0.3, 0.4) is 0 Å². The Hall–Kier alpha value is -16.9. The number of aromatic nitrogens is 1. The van der Waals surface area contributed by atoms with Crippen molar-refractivity contribution < 1.29 is 9.47 Å². The Morgan fingerprint density at radius 3 is 1.00 bits per heavy atom. The SMILES string of the molecule is C=Cc1ccc(COCc2ccc(N(c3ccc(N(c4ccc5c(c4)c4cc(N(c6ccc(N(c7ccc(COCc8ccc(C=C)cc8)cc7)c7cccc8ccccc78)cc6)c6cccc7ccccc67)ccc4n5-c4ccccc4)c4cccc5ccccc45)cc3)c3cccc4ccccc34)cc2)cc1.Cc1ccc2c(c1)C(C)(C)c1ccccc1-2.Cc1cccc(-c2ccc3c(c2)CC3)c1. The monoisotopic (exact) mass is 1810 g/mol. The second-order valence-corrected chi connectivity index (χ2v) is 37.2. The Bertz CT molecular complexity index is 7940. The molecule has 1 heterocycles. The fraction of sp³-hybridized carbons (Fsp3) is 0.0827. The van der Waals surface area contributed by atoms with Gasteiger partial charge in [-0.3, -0.25) is 0 Å². The van der Waals surface area contributed by atoms with Crippen molar-refractivity contribution in [3.8, 4) is 27.9 Å². The lowest BCUT2D eigenvalue weighted by molar-refractivity contribution is 0.107. The number of ether oxygens (including phenoxy) is 2. The van der Waals surface area contributed by atoms with E-state index in [0.717, 1.165) is 161 Å². The number of nitrogens with zero attached hydrogens (tertiary/aromatic N) is 5. The standard InChI is InChI=1S/C102H77N5O2.C16H16.C15H14/c1-3-72-38-42-74(43-39-72)68-108-70-76-46-50-83(51-47-76)103(97-34-16-24-78-20-8-12-30-91(78)97)85-54-58-87(59-55-85)105(99-36-18-26-80-22-10-14-32-93(80)99)89-62-64-101-95(66-89)96-67-90(63-65-102(96)107(101)82-28-6-5-7-29-82)106(100-37-19-27-81-23-11-15-33-94(81)100)88-60-56-86(57-61-88)104(98-35-17-25-79-21-9-13-31-92(79)98)84-52-48-77(49-53-84)71-109-69-75-44-40-73(4-2)41-45-75;1-11-8-9-13-12-6-4-5-7-14(12)16(2,3)15(13)10-11;1-11-3-2-4-13(9-11)15-8-6-12-5-7-14(12)10-15/h3-67H,1-2,68-71H2;4-10H,1-3H3;2-4,6,8-10H,5,7H2,1H3. The van der Waals surface area contributed by atoms with Gasteiger partial charge < -0.3 is 33.6 Å². The molecule has 0 radical (unpaired) electrons. The normalized spacial score (nSPS) is 12.1. The minimum absolute atomic E-state index is 0.151. The molecule has 676 valence electrons. The highest BCUT2D eigenvalue weighted by molar-refractivity contribution is 6.14. The highest BCUT2D eigenvalue weighted by Crippen LogP contribution is 2.52. The Morgan fingerprint density at radius 1 is 0.264 bits per heavy atom. The lowest BCUT2D eigenvalue weighted by atomic mass is 9.82. The summed E-state index contributed by atoms with van der Waals surface area (Å²) in [4.78, 5) is 9.63. The van der Waals surface area contributed by atoms with Gasteiger partial charge in [-0.2, -0.15) is 0 Å². The van der Waals surface area contributed by atoms with Crippen LogP contribution in [-0.2, 0) is 54.2 Å². The van der Waals surface area contributed by atoms with Gasteiger partial charge >= 0.3 is 0 Å². The Balaban J connectivity index is 0.000000304. The quantitative estimate of drug-likeness (QED) is 0.0600. The predicted molar refractivity (Wildman–Crippen MR) is 592 cm³/mol. The Labute approximate surface area is 820 Å². The number of rotatable bonds is 24. The molecule has 0 amide bonds. The summed E-state index contributed by atoms with van der Waals surface area (Å²) in [5.41, 5.74) is 36.8. The van der Waals surface area contributed by atoms with E-state index in [4.69, 9.17) is 9.47 Å². The van der Waals surface area contributed by atoms with Gasteiger partial charge in [0.25, 0.3) is 0 Å². The van der Waals surface area contributed by atoms with Crippen molar-refractivity contribution in [3.63, 3.8) is 0 Å². The minimum Gasteiger partial charge on any atom is -0.372 e. The molecule has 0 unspecified atom stereocenters. The summed E-state index contributed by atoms with van der Waals surface area (Å²) in [5.74, 6) is 0. The van der Waals surface area contributed by atoms with Crippen LogP contribution in [0.4, 0.5) is 68.2 Å². The molecular formula is C133H107N5O2. The number of hydrogen-bond donors (Lipinski definition) is 0. The molecule has 0 bridgehead atoms. The summed E-state index contributed by atoms with van der Waals surface area (Å²) in [5, 5.41) is 11.5. The van der Waals surface area contributed by atoms with E-state index >= 15 is 0 Å². The van der Waals surface area contributed by atoms with E-state index in [0.29, 0.717) is 26.4 Å². The molecule has 7 nitrogen and oxygen atoms in total. The summed E-state index contributed by atoms with van der Waals surface area (Å²) >= 11 is 0. The van der Waals surface area contributed by atoms with Gasteiger partial charge in [0, 0.05) is 88.9 Å². The van der Waals surface area contributed by atoms with Crippen molar-refractivity contribution in [1.82, 2.24) is 4.57 Å². The van der Waals surface area contributed by atoms with Crippen molar-refractivity contribution in [1.29, 1.82) is 0 Å². The molecular weight excluding hydrogens is 1700 g/mol. The average molecular weight is 1810 g/mol. The third kappa shape index (κ3) is 17.8. The molecule has 0 saturated carbocycles. The summed E-state index contributed by atoms with van der Waals surface area (Å²) < 4.78 is 15.0. The third-order valence-corrected chi connectivity index (χ3v) is 27.9. The topological polar surface area (TPSA) is 36.4 Å². The van der Waals surface area contributed by atoms with E-state index < -0.39 is 0 Å².